The van der Waals surface area contributed by atoms with Crippen molar-refractivity contribution in [3.05, 3.63) is 30.3 Å². The number of nitrogens with one attached hydrogen (secondary N) is 1. The first-order valence-electron chi connectivity index (χ1n) is 7.84. The Kier molecular flexibility index (Phi) is 4.56. The lowest BCUT2D eigenvalue weighted by molar-refractivity contribution is 0.0596. The molecule has 2 aliphatic carbocycles. The predicted molar refractivity (Wildman–Crippen MR) is 86.8 cm³/mol. The third-order valence-electron chi connectivity index (χ3n) is 4.79. The Balaban J connectivity index is 1.49. The van der Waals surface area contributed by atoms with E-state index in [4.69, 9.17) is 17.0 Å². The molecule has 1 aromatic rings. The van der Waals surface area contributed by atoms with Crippen molar-refractivity contribution in [1.82, 2.24) is 0 Å². The topological polar surface area (TPSA) is 21.3 Å². The van der Waals surface area contributed by atoms with Gasteiger partial charge in [0.15, 0.2) is 0 Å². The van der Waals surface area contributed by atoms with Crippen LogP contribution in [-0.4, -0.2) is 11.3 Å². The predicted octanol–water partition coefficient (Wildman–Crippen LogP) is 4.76. The van der Waals surface area contributed by atoms with Crippen LogP contribution in [0, 0.1) is 11.8 Å². The number of para-hydroxylation sites is 1. The highest BCUT2D eigenvalue weighted by molar-refractivity contribution is 7.80. The summed E-state index contributed by atoms with van der Waals surface area (Å²) >= 11 is 5.33. The Morgan fingerprint density at radius 2 is 1.75 bits per heavy atom. The van der Waals surface area contributed by atoms with Gasteiger partial charge in [0.05, 0.1) is 0 Å². The second kappa shape index (κ2) is 6.57. The van der Waals surface area contributed by atoms with Crippen LogP contribution in [0.5, 0.6) is 0 Å². The van der Waals surface area contributed by atoms with Gasteiger partial charge in [0.1, 0.15) is 6.10 Å². The van der Waals surface area contributed by atoms with Gasteiger partial charge in [-0.2, -0.15) is 0 Å². The van der Waals surface area contributed by atoms with Gasteiger partial charge in [-0.15, -0.1) is 0 Å². The van der Waals surface area contributed by atoms with Crippen molar-refractivity contribution in [3.8, 4) is 0 Å². The monoisotopic (exact) mass is 289 g/mol. The molecule has 0 aromatic heterocycles. The van der Waals surface area contributed by atoms with Crippen LogP contribution in [0.2, 0.25) is 0 Å². The van der Waals surface area contributed by atoms with E-state index >= 15 is 0 Å². The number of hydrogen-bond acceptors (Lipinski definition) is 2. The zero-order valence-electron chi connectivity index (χ0n) is 11.9. The summed E-state index contributed by atoms with van der Waals surface area (Å²) in [6.45, 7) is 0. The van der Waals surface area contributed by atoms with Gasteiger partial charge in [-0.3, -0.25) is 0 Å². The highest BCUT2D eigenvalue weighted by atomic mass is 32.1. The lowest BCUT2D eigenvalue weighted by atomic mass is 9.70. The van der Waals surface area contributed by atoms with Crippen LogP contribution in [0.1, 0.15) is 44.9 Å². The van der Waals surface area contributed by atoms with Gasteiger partial charge < -0.3 is 10.1 Å². The van der Waals surface area contributed by atoms with E-state index in [2.05, 4.69) is 5.32 Å². The molecule has 1 N–H and O–H groups in total. The number of fused-ring (bicyclic) bond motifs is 1. The molecule has 2 fully saturated rings. The molecule has 0 unspecified atom stereocenters. The first-order valence-corrected chi connectivity index (χ1v) is 8.25. The first kappa shape index (κ1) is 13.9. The highest BCUT2D eigenvalue weighted by Crippen LogP contribution is 2.41. The van der Waals surface area contributed by atoms with E-state index < -0.39 is 0 Å². The molecule has 0 spiro atoms. The van der Waals surface area contributed by atoms with E-state index in [1.165, 1.54) is 38.5 Å². The zero-order valence-corrected chi connectivity index (χ0v) is 12.7. The van der Waals surface area contributed by atoms with E-state index in [0.717, 1.165) is 23.9 Å². The fraction of sp³-hybridized carbons (Fsp3) is 0.588. The molecule has 0 heterocycles. The van der Waals surface area contributed by atoms with Gasteiger partial charge >= 0.3 is 0 Å². The fourth-order valence-electron chi connectivity index (χ4n) is 3.76. The van der Waals surface area contributed by atoms with Gasteiger partial charge in [-0.05, 0) is 55.4 Å². The van der Waals surface area contributed by atoms with Crippen LogP contribution in [0.4, 0.5) is 5.69 Å². The molecule has 20 heavy (non-hydrogen) atoms. The Bertz CT molecular complexity index is 448. The van der Waals surface area contributed by atoms with Crippen LogP contribution in [0.25, 0.3) is 0 Å². The van der Waals surface area contributed by atoms with Crippen LogP contribution in [0.15, 0.2) is 30.3 Å². The second-order valence-corrected chi connectivity index (χ2v) is 6.51. The Labute approximate surface area is 126 Å². The van der Waals surface area contributed by atoms with Crippen LogP contribution >= 0.6 is 12.2 Å². The SMILES string of the molecule is S=C(Nc1ccccc1)O[C@@H]1CC[C@H]2CCCC[C@@H]2C1. The minimum Gasteiger partial charge on any atom is -0.468 e. The smallest absolute Gasteiger partial charge is 0.261 e. The van der Waals surface area contributed by atoms with Gasteiger partial charge in [-0.25, -0.2) is 0 Å². The van der Waals surface area contributed by atoms with Crippen molar-refractivity contribution in [1.29, 1.82) is 0 Å². The molecule has 3 heteroatoms. The summed E-state index contributed by atoms with van der Waals surface area (Å²) in [6.07, 6.45) is 9.66. The van der Waals surface area contributed by atoms with Gasteiger partial charge in [0.25, 0.3) is 5.17 Å². The van der Waals surface area contributed by atoms with Gasteiger partial charge in [-0.1, -0.05) is 43.9 Å². The van der Waals surface area contributed by atoms with E-state index in [9.17, 15) is 0 Å². The van der Waals surface area contributed by atoms with Crippen LogP contribution < -0.4 is 5.32 Å². The zero-order chi connectivity index (χ0) is 13.8. The van der Waals surface area contributed by atoms with Crippen molar-refractivity contribution in [2.75, 3.05) is 5.32 Å². The number of rotatable bonds is 2. The minimum absolute atomic E-state index is 0.318. The molecule has 2 saturated carbocycles. The Morgan fingerprint density at radius 3 is 2.55 bits per heavy atom. The molecular weight excluding hydrogens is 266 g/mol. The molecule has 0 saturated heterocycles. The standard InChI is InChI=1S/C17H23NOS/c20-17(18-15-8-2-1-3-9-15)19-16-11-10-13-6-4-5-7-14(13)12-16/h1-3,8-9,13-14,16H,4-7,10-12H2,(H,18,20)/t13-,14-,16-/m1/s1. The van der Waals surface area contributed by atoms with Crippen molar-refractivity contribution in [2.45, 2.75) is 51.0 Å². The van der Waals surface area contributed by atoms with Crippen molar-refractivity contribution >= 4 is 23.1 Å². The molecular formula is C17H23NOS. The van der Waals surface area contributed by atoms with Gasteiger partial charge in [0, 0.05) is 5.69 Å². The quantitative estimate of drug-likeness (QED) is 0.793. The molecule has 3 rings (SSSR count). The minimum atomic E-state index is 0.318. The average Bonchev–Trinajstić information content (AvgIpc) is 2.48. The molecule has 0 aliphatic heterocycles. The van der Waals surface area contributed by atoms with Crippen LogP contribution in [0.3, 0.4) is 0 Å². The molecule has 108 valence electrons. The summed E-state index contributed by atoms with van der Waals surface area (Å²) in [5.41, 5.74) is 1.00. The summed E-state index contributed by atoms with van der Waals surface area (Å²) in [4.78, 5) is 0. The third kappa shape index (κ3) is 3.51. The number of anilines is 1. The molecule has 3 atom stereocenters. The summed E-state index contributed by atoms with van der Waals surface area (Å²) in [5.74, 6) is 1.83. The average molecular weight is 289 g/mol. The maximum Gasteiger partial charge on any atom is 0.261 e. The maximum absolute atomic E-state index is 5.96. The molecule has 2 aliphatic rings. The van der Waals surface area contributed by atoms with Crippen molar-refractivity contribution in [3.63, 3.8) is 0 Å². The van der Waals surface area contributed by atoms with E-state index in [-0.39, 0.29) is 0 Å². The number of thiocarbonyl (C=S) groups is 1. The van der Waals surface area contributed by atoms with E-state index in [1.807, 2.05) is 30.3 Å². The normalized spacial score (nSPS) is 29.3. The molecule has 1 aromatic carbocycles. The highest BCUT2D eigenvalue weighted by Gasteiger charge is 2.33. The van der Waals surface area contributed by atoms with E-state index in [0.29, 0.717) is 11.3 Å². The Hall–Kier alpha value is -1.09. The summed E-state index contributed by atoms with van der Waals surface area (Å²) < 4.78 is 5.96. The molecule has 0 radical (unpaired) electrons. The number of ether oxygens (including phenoxy) is 1. The molecule has 0 amide bonds. The second-order valence-electron chi connectivity index (χ2n) is 6.14. The third-order valence-corrected chi connectivity index (χ3v) is 4.98. The molecule has 0 bridgehead atoms. The van der Waals surface area contributed by atoms with Crippen molar-refractivity contribution < 1.29 is 4.74 Å². The summed E-state index contributed by atoms with van der Waals surface area (Å²) in [7, 11) is 0. The summed E-state index contributed by atoms with van der Waals surface area (Å²) in [6, 6.07) is 10.0. The fourth-order valence-corrected chi connectivity index (χ4v) is 4.01. The molecule has 2 nitrogen and oxygen atoms in total. The Morgan fingerprint density at radius 1 is 1.00 bits per heavy atom. The first-order chi connectivity index (χ1) is 9.81. The lowest BCUT2D eigenvalue weighted by Gasteiger charge is -2.39. The largest absolute Gasteiger partial charge is 0.468 e. The number of benzene rings is 1. The number of hydrogen-bond donors (Lipinski definition) is 1. The van der Waals surface area contributed by atoms with Crippen LogP contribution in [-0.2, 0) is 4.74 Å². The summed E-state index contributed by atoms with van der Waals surface area (Å²) in [5, 5.41) is 3.69. The van der Waals surface area contributed by atoms with E-state index in [1.54, 1.807) is 0 Å². The maximum atomic E-state index is 5.96. The van der Waals surface area contributed by atoms with Crippen molar-refractivity contribution in [2.24, 2.45) is 11.8 Å². The van der Waals surface area contributed by atoms with Gasteiger partial charge in [0.2, 0.25) is 0 Å². The lowest BCUT2D eigenvalue weighted by Crippen LogP contribution is -2.33.